The zero-order valence-corrected chi connectivity index (χ0v) is 11.0. The minimum Gasteiger partial charge on any atom is -0.490 e. The van der Waals surface area contributed by atoms with E-state index < -0.39 is 12.1 Å². The number of alkyl halides is 3. The Balaban J connectivity index is 0.000000861. The Hall–Kier alpha value is -1.72. The van der Waals surface area contributed by atoms with Crippen LogP contribution in [0.2, 0.25) is 0 Å². The molecule has 0 N–H and O–H groups in total. The molecule has 1 aliphatic rings. The maximum atomic E-state index is 12.4. The first kappa shape index (κ1) is 15.3. The summed E-state index contributed by atoms with van der Waals surface area (Å²) < 4.78 is 42.4. The fraction of sp³-hybridized carbons (Fsp3) is 0.462. The summed E-state index contributed by atoms with van der Waals surface area (Å²) in [5.41, 5.74) is 0.952. The van der Waals surface area contributed by atoms with Gasteiger partial charge in [0.05, 0.1) is 12.2 Å². The summed E-state index contributed by atoms with van der Waals surface area (Å²) in [6.07, 6.45) is -4.86. The molecule has 0 saturated heterocycles. The number of amides is 1. The zero-order valence-electron chi connectivity index (χ0n) is 11.0. The van der Waals surface area contributed by atoms with E-state index in [1.165, 1.54) is 6.07 Å². The molecule has 1 amide bonds. The monoisotopic (exact) mass is 275 g/mol. The van der Waals surface area contributed by atoms with E-state index in [-0.39, 0.29) is 18.8 Å². The molecule has 1 aliphatic heterocycles. The van der Waals surface area contributed by atoms with Gasteiger partial charge in [-0.1, -0.05) is 19.9 Å². The third-order valence-corrected chi connectivity index (χ3v) is 2.47. The van der Waals surface area contributed by atoms with Crippen LogP contribution >= 0.6 is 0 Å². The van der Waals surface area contributed by atoms with Crippen LogP contribution in [0.3, 0.4) is 0 Å². The van der Waals surface area contributed by atoms with Gasteiger partial charge in [-0.15, -0.1) is 0 Å². The number of nitrogens with zero attached hydrogens (tertiary/aromatic N) is 1. The van der Waals surface area contributed by atoms with E-state index in [1.54, 1.807) is 19.1 Å². The fourth-order valence-corrected chi connectivity index (χ4v) is 1.69. The first-order valence-corrected chi connectivity index (χ1v) is 6.02. The minimum atomic E-state index is -4.86. The second-order valence-electron chi connectivity index (χ2n) is 3.77. The minimum absolute atomic E-state index is 0.0673. The molecule has 0 atom stereocenters. The van der Waals surface area contributed by atoms with Crippen LogP contribution < -0.4 is 9.64 Å². The van der Waals surface area contributed by atoms with E-state index in [9.17, 15) is 18.0 Å². The summed E-state index contributed by atoms with van der Waals surface area (Å²) in [6, 6.07) is 4.80. The van der Waals surface area contributed by atoms with Gasteiger partial charge in [0.25, 0.3) is 0 Å². The van der Waals surface area contributed by atoms with Gasteiger partial charge in [0.15, 0.2) is 0 Å². The van der Waals surface area contributed by atoms with Gasteiger partial charge in [0.2, 0.25) is 0 Å². The van der Waals surface area contributed by atoms with Crippen molar-refractivity contribution in [1.29, 1.82) is 0 Å². The average Bonchev–Trinajstić information content (AvgIpc) is 2.38. The summed E-state index contributed by atoms with van der Waals surface area (Å²) in [5, 5.41) is 0. The predicted octanol–water partition coefficient (Wildman–Crippen LogP) is 3.31. The Kier molecular flexibility index (Phi) is 4.80. The van der Waals surface area contributed by atoms with E-state index in [2.05, 4.69) is 0 Å². The molecular formula is C13H16F3NO2. The molecule has 0 aromatic heterocycles. The number of benzene rings is 1. The number of halogens is 3. The molecule has 0 spiro atoms. The number of aryl methyl sites for hydroxylation is 1. The van der Waals surface area contributed by atoms with Crippen LogP contribution in [-0.2, 0) is 4.79 Å². The molecule has 19 heavy (non-hydrogen) atoms. The Morgan fingerprint density at radius 2 is 1.95 bits per heavy atom. The largest absolute Gasteiger partial charge is 0.490 e. The molecule has 2 rings (SSSR count). The highest BCUT2D eigenvalue weighted by atomic mass is 19.4. The molecule has 3 nitrogen and oxygen atoms in total. The number of hydrogen-bond acceptors (Lipinski definition) is 2. The van der Waals surface area contributed by atoms with Crippen LogP contribution in [-0.4, -0.2) is 25.2 Å². The molecule has 1 heterocycles. The second-order valence-corrected chi connectivity index (χ2v) is 3.77. The number of hydrogen-bond donors (Lipinski definition) is 0. The van der Waals surface area contributed by atoms with Crippen molar-refractivity contribution in [3.63, 3.8) is 0 Å². The van der Waals surface area contributed by atoms with Crippen molar-refractivity contribution < 1.29 is 22.7 Å². The average molecular weight is 275 g/mol. The van der Waals surface area contributed by atoms with Crippen molar-refractivity contribution in [2.24, 2.45) is 0 Å². The molecule has 0 aliphatic carbocycles. The summed E-state index contributed by atoms with van der Waals surface area (Å²) in [4.78, 5) is 12.0. The predicted molar refractivity (Wildman–Crippen MR) is 66.4 cm³/mol. The Labute approximate surface area is 110 Å². The molecule has 106 valence electrons. The van der Waals surface area contributed by atoms with Gasteiger partial charge < -0.3 is 4.74 Å². The van der Waals surface area contributed by atoms with Gasteiger partial charge in [-0.05, 0) is 24.6 Å². The van der Waals surface area contributed by atoms with Crippen molar-refractivity contribution in [3.8, 4) is 5.75 Å². The number of fused-ring (bicyclic) bond motifs is 1. The number of ether oxygens (including phenoxy) is 1. The fourth-order valence-electron chi connectivity index (χ4n) is 1.69. The topological polar surface area (TPSA) is 29.5 Å². The molecule has 0 fully saturated rings. The third kappa shape index (κ3) is 3.39. The highest BCUT2D eigenvalue weighted by Crippen LogP contribution is 2.34. The Morgan fingerprint density at radius 3 is 2.53 bits per heavy atom. The van der Waals surface area contributed by atoms with Crippen molar-refractivity contribution >= 4 is 11.6 Å². The highest BCUT2D eigenvalue weighted by molar-refractivity contribution is 5.99. The lowest BCUT2D eigenvalue weighted by molar-refractivity contribution is -0.170. The SMILES string of the molecule is CC.Cc1ccc2c(c1)N(C(=O)C(F)(F)F)CCO2. The van der Waals surface area contributed by atoms with E-state index >= 15 is 0 Å². The zero-order chi connectivity index (χ0) is 14.6. The van der Waals surface area contributed by atoms with E-state index in [4.69, 9.17) is 4.74 Å². The van der Waals surface area contributed by atoms with Crippen LogP contribution in [0.5, 0.6) is 5.75 Å². The molecule has 0 bridgehead atoms. The number of anilines is 1. The van der Waals surface area contributed by atoms with Gasteiger partial charge in [-0.25, -0.2) is 0 Å². The van der Waals surface area contributed by atoms with Gasteiger partial charge >= 0.3 is 12.1 Å². The third-order valence-electron chi connectivity index (χ3n) is 2.47. The lowest BCUT2D eigenvalue weighted by atomic mass is 10.1. The lowest BCUT2D eigenvalue weighted by Gasteiger charge is -2.30. The molecular weight excluding hydrogens is 259 g/mol. The van der Waals surface area contributed by atoms with Crippen LogP contribution in [0.15, 0.2) is 18.2 Å². The number of carbonyl (C=O) groups is 1. The number of rotatable bonds is 0. The van der Waals surface area contributed by atoms with Crippen molar-refractivity contribution in [3.05, 3.63) is 23.8 Å². The van der Waals surface area contributed by atoms with Crippen LogP contribution in [0, 0.1) is 6.92 Å². The van der Waals surface area contributed by atoms with Crippen molar-refractivity contribution in [2.75, 3.05) is 18.1 Å². The van der Waals surface area contributed by atoms with Gasteiger partial charge in [0.1, 0.15) is 12.4 Å². The molecule has 0 saturated carbocycles. The summed E-state index contributed by atoms with van der Waals surface area (Å²) in [5.74, 6) is -1.55. The summed E-state index contributed by atoms with van der Waals surface area (Å²) in [7, 11) is 0. The lowest BCUT2D eigenvalue weighted by Crippen LogP contribution is -2.45. The Bertz CT molecular complexity index is 458. The van der Waals surface area contributed by atoms with Crippen LogP contribution in [0.4, 0.5) is 18.9 Å². The van der Waals surface area contributed by atoms with Crippen LogP contribution in [0.25, 0.3) is 0 Å². The van der Waals surface area contributed by atoms with Gasteiger partial charge in [-0.2, -0.15) is 13.2 Å². The first-order chi connectivity index (χ1) is 8.89. The van der Waals surface area contributed by atoms with E-state index in [0.29, 0.717) is 10.6 Å². The second kappa shape index (κ2) is 5.95. The van der Waals surface area contributed by atoms with Gasteiger partial charge in [0, 0.05) is 0 Å². The van der Waals surface area contributed by atoms with E-state index in [0.717, 1.165) is 5.56 Å². The summed E-state index contributed by atoms with van der Waals surface area (Å²) >= 11 is 0. The maximum Gasteiger partial charge on any atom is 0.471 e. The summed E-state index contributed by atoms with van der Waals surface area (Å²) in [6.45, 7) is 5.72. The molecule has 0 unspecified atom stereocenters. The van der Waals surface area contributed by atoms with E-state index in [1.807, 2.05) is 13.8 Å². The van der Waals surface area contributed by atoms with Crippen LogP contribution in [0.1, 0.15) is 19.4 Å². The smallest absolute Gasteiger partial charge is 0.471 e. The maximum absolute atomic E-state index is 12.4. The quantitative estimate of drug-likeness (QED) is 0.727. The Morgan fingerprint density at radius 1 is 1.32 bits per heavy atom. The standard InChI is InChI=1S/C11H10F3NO2.C2H6/c1-7-2-3-9-8(6-7)15(4-5-17-9)10(16)11(12,13)14;1-2/h2-3,6H,4-5H2,1H3;1-2H3. The van der Waals surface area contributed by atoms with Crippen molar-refractivity contribution in [2.45, 2.75) is 26.9 Å². The molecule has 6 heteroatoms. The van der Waals surface area contributed by atoms with Gasteiger partial charge in [-0.3, -0.25) is 9.69 Å². The molecule has 1 aromatic carbocycles. The number of carbonyl (C=O) groups excluding carboxylic acids is 1. The molecule has 0 radical (unpaired) electrons. The first-order valence-electron chi connectivity index (χ1n) is 6.02. The van der Waals surface area contributed by atoms with Crippen molar-refractivity contribution in [1.82, 2.24) is 0 Å². The molecule has 1 aromatic rings. The normalized spacial score (nSPS) is 13.9. The highest BCUT2D eigenvalue weighted by Gasteiger charge is 2.44.